The molecule has 0 saturated heterocycles. The maximum atomic E-state index is 13.6. The van der Waals surface area contributed by atoms with Crippen LogP contribution < -0.4 is 0 Å². The van der Waals surface area contributed by atoms with Gasteiger partial charge in [-0.1, -0.05) is 63.9 Å². The lowest BCUT2D eigenvalue weighted by molar-refractivity contribution is 0.604. The highest BCUT2D eigenvalue weighted by atomic mass is 79.9. The van der Waals surface area contributed by atoms with Crippen molar-refractivity contribution >= 4 is 27.5 Å². The number of hydrogen-bond donors (Lipinski definition) is 0. The zero-order valence-electron chi connectivity index (χ0n) is 9.74. The van der Waals surface area contributed by atoms with Crippen LogP contribution in [0.3, 0.4) is 0 Å². The SMILES string of the molecule is Fc1cccc(Cl)c1CCC(Br)c1ccccc1. The third kappa shape index (κ3) is 3.33. The molecule has 2 rings (SSSR count). The standard InChI is InChI=1S/C15H13BrClF/c16-13(11-5-2-1-3-6-11)10-9-12-14(17)7-4-8-15(12)18/h1-8,13H,9-10H2. The minimum atomic E-state index is -0.227. The average molecular weight is 328 g/mol. The Morgan fingerprint density at radius 2 is 1.78 bits per heavy atom. The van der Waals surface area contributed by atoms with Crippen LogP contribution >= 0.6 is 27.5 Å². The van der Waals surface area contributed by atoms with Gasteiger partial charge in [0.05, 0.1) is 0 Å². The topological polar surface area (TPSA) is 0 Å². The third-order valence-electron chi connectivity index (χ3n) is 2.87. The van der Waals surface area contributed by atoms with Gasteiger partial charge in [0.15, 0.2) is 0 Å². The fourth-order valence-corrected chi connectivity index (χ4v) is 2.66. The van der Waals surface area contributed by atoms with E-state index in [9.17, 15) is 4.39 Å². The van der Waals surface area contributed by atoms with Crippen LogP contribution in [0.2, 0.25) is 5.02 Å². The van der Waals surface area contributed by atoms with Crippen molar-refractivity contribution < 1.29 is 4.39 Å². The van der Waals surface area contributed by atoms with E-state index in [4.69, 9.17) is 11.6 Å². The number of hydrogen-bond acceptors (Lipinski definition) is 0. The Morgan fingerprint density at radius 3 is 2.44 bits per heavy atom. The second-order valence-electron chi connectivity index (χ2n) is 4.12. The molecule has 1 unspecified atom stereocenters. The van der Waals surface area contributed by atoms with Crippen molar-refractivity contribution in [2.24, 2.45) is 0 Å². The van der Waals surface area contributed by atoms with E-state index >= 15 is 0 Å². The summed E-state index contributed by atoms with van der Waals surface area (Å²) in [7, 11) is 0. The predicted octanol–water partition coefficient (Wildman–Crippen LogP) is 5.55. The van der Waals surface area contributed by atoms with E-state index in [-0.39, 0.29) is 10.6 Å². The summed E-state index contributed by atoms with van der Waals surface area (Å²) in [5.41, 5.74) is 1.80. The summed E-state index contributed by atoms with van der Waals surface area (Å²) < 4.78 is 13.6. The molecule has 0 aliphatic rings. The van der Waals surface area contributed by atoms with Gasteiger partial charge in [0.2, 0.25) is 0 Å². The molecular weight excluding hydrogens is 315 g/mol. The lowest BCUT2D eigenvalue weighted by Gasteiger charge is -2.11. The molecule has 0 N–H and O–H groups in total. The van der Waals surface area contributed by atoms with E-state index in [1.54, 1.807) is 12.1 Å². The van der Waals surface area contributed by atoms with E-state index < -0.39 is 0 Å². The summed E-state index contributed by atoms with van der Waals surface area (Å²) in [6, 6.07) is 14.9. The highest BCUT2D eigenvalue weighted by Crippen LogP contribution is 2.30. The molecular formula is C15H13BrClF. The van der Waals surface area contributed by atoms with E-state index in [2.05, 4.69) is 28.1 Å². The third-order valence-corrected chi connectivity index (χ3v) is 4.21. The Labute approximate surface area is 120 Å². The van der Waals surface area contributed by atoms with Gasteiger partial charge in [-0.15, -0.1) is 0 Å². The van der Waals surface area contributed by atoms with Gasteiger partial charge in [0.25, 0.3) is 0 Å². The van der Waals surface area contributed by atoms with Gasteiger partial charge in [-0.3, -0.25) is 0 Å². The quantitative estimate of drug-likeness (QED) is 0.646. The van der Waals surface area contributed by atoms with Crippen LogP contribution in [-0.4, -0.2) is 0 Å². The van der Waals surface area contributed by atoms with Crippen molar-refractivity contribution in [1.82, 2.24) is 0 Å². The Balaban J connectivity index is 2.04. The second kappa shape index (κ2) is 6.35. The first kappa shape index (κ1) is 13.6. The Bertz CT molecular complexity index is 493. The summed E-state index contributed by atoms with van der Waals surface area (Å²) in [6.45, 7) is 0. The molecule has 0 aliphatic carbocycles. The largest absolute Gasteiger partial charge is 0.207 e. The fourth-order valence-electron chi connectivity index (χ4n) is 1.87. The van der Waals surface area contributed by atoms with Gasteiger partial charge >= 0.3 is 0 Å². The second-order valence-corrected chi connectivity index (χ2v) is 5.63. The minimum absolute atomic E-state index is 0.217. The highest BCUT2D eigenvalue weighted by Gasteiger charge is 2.11. The summed E-state index contributed by atoms with van der Waals surface area (Å²) in [5.74, 6) is -0.227. The average Bonchev–Trinajstić information content (AvgIpc) is 2.39. The van der Waals surface area contributed by atoms with Crippen LogP contribution in [0, 0.1) is 5.82 Å². The van der Waals surface area contributed by atoms with Crippen molar-refractivity contribution in [3.8, 4) is 0 Å². The van der Waals surface area contributed by atoms with Crippen LogP contribution in [-0.2, 0) is 6.42 Å². The molecule has 94 valence electrons. The molecule has 2 aromatic rings. The molecule has 0 aromatic heterocycles. The van der Waals surface area contributed by atoms with Gasteiger partial charge in [0, 0.05) is 15.4 Å². The fraction of sp³-hybridized carbons (Fsp3) is 0.200. The molecule has 0 aliphatic heterocycles. The van der Waals surface area contributed by atoms with Gasteiger partial charge in [-0.25, -0.2) is 4.39 Å². The molecule has 0 saturated carbocycles. The Morgan fingerprint density at radius 1 is 1.06 bits per heavy atom. The van der Waals surface area contributed by atoms with Crippen molar-refractivity contribution in [2.75, 3.05) is 0 Å². The number of halogens is 3. The Hall–Kier alpha value is -0.860. The monoisotopic (exact) mass is 326 g/mol. The van der Waals surface area contributed by atoms with Gasteiger partial charge in [-0.05, 0) is 30.5 Å². The number of rotatable bonds is 4. The molecule has 1 atom stereocenters. The summed E-state index contributed by atoms with van der Waals surface area (Å²) in [6.07, 6.45) is 1.43. The lowest BCUT2D eigenvalue weighted by Crippen LogP contribution is -1.96. The smallest absolute Gasteiger partial charge is 0.127 e. The van der Waals surface area contributed by atoms with Crippen LogP contribution in [0.4, 0.5) is 4.39 Å². The molecule has 0 heterocycles. The summed E-state index contributed by atoms with van der Waals surface area (Å²) >= 11 is 9.63. The van der Waals surface area contributed by atoms with Crippen LogP contribution in [0.25, 0.3) is 0 Å². The first-order valence-corrected chi connectivity index (χ1v) is 7.09. The first-order valence-electron chi connectivity index (χ1n) is 5.80. The maximum absolute atomic E-state index is 13.6. The molecule has 2 aromatic carbocycles. The lowest BCUT2D eigenvalue weighted by atomic mass is 10.0. The molecule has 0 bridgehead atoms. The van der Waals surface area contributed by atoms with Crippen molar-refractivity contribution in [3.05, 3.63) is 70.5 Å². The predicted molar refractivity (Wildman–Crippen MR) is 77.8 cm³/mol. The first-order chi connectivity index (χ1) is 8.68. The molecule has 18 heavy (non-hydrogen) atoms. The summed E-state index contributed by atoms with van der Waals surface area (Å²) in [4.78, 5) is 0.217. The number of benzene rings is 2. The molecule has 3 heteroatoms. The van der Waals surface area contributed by atoms with E-state index in [0.29, 0.717) is 17.0 Å². The van der Waals surface area contributed by atoms with E-state index in [1.807, 2.05) is 18.2 Å². The maximum Gasteiger partial charge on any atom is 0.127 e. The molecule has 0 nitrogen and oxygen atoms in total. The number of alkyl halides is 1. The van der Waals surface area contributed by atoms with Crippen LogP contribution in [0.5, 0.6) is 0 Å². The van der Waals surface area contributed by atoms with Crippen molar-refractivity contribution in [3.63, 3.8) is 0 Å². The van der Waals surface area contributed by atoms with E-state index in [1.165, 1.54) is 11.6 Å². The van der Waals surface area contributed by atoms with Gasteiger partial charge in [-0.2, -0.15) is 0 Å². The van der Waals surface area contributed by atoms with Gasteiger partial charge < -0.3 is 0 Å². The van der Waals surface area contributed by atoms with Gasteiger partial charge in [0.1, 0.15) is 5.82 Å². The zero-order chi connectivity index (χ0) is 13.0. The van der Waals surface area contributed by atoms with Crippen LogP contribution in [0.1, 0.15) is 22.4 Å². The van der Waals surface area contributed by atoms with Crippen LogP contribution in [0.15, 0.2) is 48.5 Å². The normalized spacial score (nSPS) is 12.4. The van der Waals surface area contributed by atoms with Crippen molar-refractivity contribution in [1.29, 1.82) is 0 Å². The zero-order valence-corrected chi connectivity index (χ0v) is 12.1. The molecule has 0 spiro atoms. The molecule has 0 radical (unpaired) electrons. The molecule has 0 amide bonds. The van der Waals surface area contributed by atoms with Crippen molar-refractivity contribution in [2.45, 2.75) is 17.7 Å². The summed E-state index contributed by atoms with van der Waals surface area (Å²) in [5, 5.41) is 0.503. The van der Waals surface area contributed by atoms with E-state index in [0.717, 1.165) is 6.42 Å². The Kier molecular flexibility index (Phi) is 4.79. The minimum Gasteiger partial charge on any atom is -0.207 e. The highest BCUT2D eigenvalue weighted by molar-refractivity contribution is 9.09. The molecule has 0 fully saturated rings.